The number of nitrogens with one attached hydrogen (secondary N) is 2. The summed E-state index contributed by atoms with van der Waals surface area (Å²) in [6.45, 7) is 2.30. The van der Waals surface area contributed by atoms with Gasteiger partial charge in [0.1, 0.15) is 0 Å². The van der Waals surface area contributed by atoms with Crippen molar-refractivity contribution >= 4 is 34.7 Å². The third-order valence-electron chi connectivity index (χ3n) is 4.11. The van der Waals surface area contributed by atoms with Crippen molar-refractivity contribution in [3.63, 3.8) is 0 Å². The molecular weight excluding hydrogens is 372 g/mol. The van der Waals surface area contributed by atoms with Crippen molar-refractivity contribution in [1.82, 2.24) is 5.32 Å². The second-order valence-electron chi connectivity index (χ2n) is 6.25. The van der Waals surface area contributed by atoms with E-state index in [1.54, 1.807) is 30.3 Å². The molecule has 2 rings (SSSR count). The molecule has 27 heavy (non-hydrogen) atoms. The van der Waals surface area contributed by atoms with Crippen LogP contribution in [0.5, 0.6) is 0 Å². The van der Waals surface area contributed by atoms with Crippen LogP contribution in [0.1, 0.15) is 25.0 Å². The molecule has 0 saturated heterocycles. The van der Waals surface area contributed by atoms with Crippen LogP contribution >= 0.6 is 12.2 Å². The number of ether oxygens (including phenoxy) is 1. The standard InChI is InChI=1S/C19H21F2N3O2S/c1-18(16(25)26-3,12-7-6-8-13(11-12)19(2,20)21)24-17(27)23-15-10-5-4-9-14(15)22/h4-11H,22H2,1-3H3,(H2,23,24,27). The Morgan fingerprint density at radius 2 is 1.74 bits per heavy atom. The molecule has 0 radical (unpaired) electrons. The van der Waals surface area contributed by atoms with E-state index in [4.69, 9.17) is 22.7 Å². The molecular formula is C19H21F2N3O2S. The summed E-state index contributed by atoms with van der Waals surface area (Å²) in [5, 5.41) is 5.85. The van der Waals surface area contributed by atoms with E-state index in [2.05, 4.69) is 10.6 Å². The van der Waals surface area contributed by atoms with Crippen LogP contribution in [-0.2, 0) is 21.0 Å². The van der Waals surface area contributed by atoms with Crippen LogP contribution in [0.2, 0.25) is 0 Å². The number of methoxy groups -OCH3 is 1. The number of para-hydroxylation sites is 2. The summed E-state index contributed by atoms with van der Waals surface area (Å²) in [6.07, 6.45) is 0. The summed E-state index contributed by atoms with van der Waals surface area (Å²) in [4.78, 5) is 12.5. The number of alkyl halides is 2. The number of esters is 1. The second kappa shape index (κ2) is 7.87. The van der Waals surface area contributed by atoms with Crippen LogP contribution < -0.4 is 16.4 Å². The average Bonchev–Trinajstić information content (AvgIpc) is 2.62. The normalized spacial score (nSPS) is 13.4. The molecule has 0 aromatic heterocycles. The minimum atomic E-state index is -3.05. The zero-order valence-corrected chi connectivity index (χ0v) is 16.0. The second-order valence-corrected chi connectivity index (χ2v) is 6.66. The third kappa shape index (κ3) is 4.71. The number of halogens is 2. The molecule has 0 aliphatic rings. The molecule has 0 saturated carbocycles. The number of carbonyl (C=O) groups is 1. The van der Waals surface area contributed by atoms with E-state index in [0.29, 0.717) is 16.9 Å². The van der Waals surface area contributed by atoms with Crippen molar-refractivity contribution in [2.45, 2.75) is 25.3 Å². The number of nitrogens with two attached hydrogens (primary N) is 1. The van der Waals surface area contributed by atoms with Crippen molar-refractivity contribution in [3.8, 4) is 0 Å². The fraction of sp³-hybridized carbons (Fsp3) is 0.263. The lowest BCUT2D eigenvalue weighted by Crippen LogP contribution is -2.51. The van der Waals surface area contributed by atoms with Crippen molar-refractivity contribution in [2.24, 2.45) is 0 Å². The Kier molecular flexibility index (Phi) is 6.00. The largest absolute Gasteiger partial charge is 0.467 e. The number of hydrogen-bond acceptors (Lipinski definition) is 4. The molecule has 0 aliphatic heterocycles. The van der Waals surface area contributed by atoms with Gasteiger partial charge in [-0.3, -0.25) is 0 Å². The maximum absolute atomic E-state index is 13.7. The Bertz CT molecular complexity index is 855. The summed E-state index contributed by atoms with van der Waals surface area (Å²) >= 11 is 5.28. The first kappa shape index (κ1) is 20.6. The van der Waals surface area contributed by atoms with Gasteiger partial charge in [0, 0.05) is 12.5 Å². The lowest BCUT2D eigenvalue weighted by molar-refractivity contribution is -0.147. The number of benzene rings is 2. The van der Waals surface area contributed by atoms with E-state index in [-0.39, 0.29) is 10.7 Å². The van der Waals surface area contributed by atoms with Gasteiger partial charge in [-0.05, 0) is 42.9 Å². The van der Waals surface area contributed by atoms with Gasteiger partial charge in [-0.25, -0.2) is 13.6 Å². The van der Waals surface area contributed by atoms with Crippen LogP contribution in [-0.4, -0.2) is 18.2 Å². The average molecular weight is 393 g/mol. The zero-order chi connectivity index (χ0) is 20.2. The Morgan fingerprint density at radius 1 is 1.11 bits per heavy atom. The molecule has 8 heteroatoms. The highest BCUT2D eigenvalue weighted by Gasteiger charge is 2.38. The Hall–Kier alpha value is -2.74. The molecule has 1 atom stereocenters. The Morgan fingerprint density at radius 3 is 2.33 bits per heavy atom. The van der Waals surface area contributed by atoms with E-state index in [1.165, 1.54) is 32.2 Å². The third-order valence-corrected chi connectivity index (χ3v) is 4.32. The van der Waals surface area contributed by atoms with Crippen LogP contribution in [0.4, 0.5) is 20.2 Å². The van der Waals surface area contributed by atoms with Gasteiger partial charge < -0.3 is 21.1 Å². The molecule has 0 aliphatic carbocycles. The molecule has 0 bridgehead atoms. The van der Waals surface area contributed by atoms with E-state index in [0.717, 1.165) is 6.92 Å². The van der Waals surface area contributed by atoms with Crippen LogP contribution in [0.25, 0.3) is 0 Å². The van der Waals surface area contributed by atoms with Gasteiger partial charge >= 0.3 is 5.97 Å². The predicted molar refractivity (Wildman–Crippen MR) is 106 cm³/mol. The first-order chi connectivity index (χ1) is 12.6. The molecule has 0 spiro atoms. The SMILES string of the molecule is COC(=O)C(C)(NC(=S)Nc1ccccc1N)c1cccc(C(C)(F)F)c1. The van der Waals surface area contributed by atoms with Gasteiger partial charge in [-0.2, -0.15) is 0 Å². The fourth-order valence-electron chi connectivity index (χ4n) is 2.54. The first-order valence-electron chi connectivity index (χ1n) is 8.09. The summed E-state index contributed by atoms with van der Waals surface area (Å²) in [5.41, 5.74) is 5.48. The quantitative estimate of drug-likeness (QED) is 0.408. The number of hydrogen-bond donors (Lipinski definition) is 3. The van der Waals surface area contributed by atoms with Crippen LogP contribution in [0.15, 0.2) is 48.5 Å². The molecule has 2 aromatic carbocycles. The van der Waals surface area contributed by atoms with Crippen molar-refractivity contribution in [3.05, 3.63) is 59.7 Å². The topological polar surface area (TPSA) is 76.4 Å². The van der Waals surface area contributed by atoms with E-state index in [9.17, 15) is 13.6 Å². The predicted octanol–water partition coefficient (Wildman–Crippen LogP) is 3.76. The lowest BCUT2D eigenvalue weighted by Gasteiger charge is -2.30. The minimum absolute atomic E-state index is 0.0921. The van der Waals surface area contributed by atoms with Crippen LogP contribution in [0.3, 0.4) is 0 Å². The van der Waals surface area contributed by atoms with E-state index >= 15 is 0 Å². The van der Waals surface area contributed by atoms with Gasteiger partial charge in [0.25, 0.3) is 5.92 Å². The summed E-state index contributed by atoms with van der Waals surface area (Å²) in [6, 6.07) is 12.5. The summed E-state index contributed by atoms with van der Waals surface area (Å²) < 4.78 is 32.3. The molecule has 5 nitrogen and oxygen atoms in total. The minimum Gasteiger partial charge on any atom is -0.467 e. The van der Waals surface area contributed by atoms with Gasteiger partial charge in [0.15, 0.2) is 10.7 Å². The Balaban J connectivity index is 2.35. The van der Waals surface area contributed by atoms with Crippen molar-refractivity contribution < 1.29 is 18.3 Å². The van der Waals surface area contributed by atoms with Crippen LogP contribution in [0, 0.1) is 0 Å². The van der Waals surface area contributed by atoms with E-state index in [1.807, 2.05) is 0 Å². The smallest absolute Gasteiger partial charge is 0.335 e. The molecule has 4 N–H and O–H groups in total. The summed E-state index contributed by atoms with van der Waals surface area (Å²) in [7, 11) is 1.21. The van der Waals surface area contributed by atoms with Crippen molar-refractivity contribution in [2.75, 3.05) is 18.2 Å². The molecule has 0 amide bonds. The molecule has 1 unspecified atom stereocenters. The first-order valence-corrected chi connectivity index (χ1v) is 8.49. The zero-order valence-electron chi connectivity index (χ0n) is 15.2. The maximum atomic E-state index is 13.7. The number of nitrogen functional groups attached to an aromatic ring is 1. The van der Waals surface area contributed by atoms with Gasteiger partial charge in [0.2, 0.25) is 0 Å². The monoisotopic (exact) mass is 393 g/mol. The van der Waals surface area contributed by atoms with E-state index < -0.39 is 17.4 Å². The number of thiocarbonyl (C=S) groups is 1. The maximum Gasteiger partial charge on any atom is 0.335 e. The van der Waals surface area contributed by atoms with Gasteiger partial charge in [0.05, 0.1) is 18.5 Å². The fourth-order valence-corrected chi connectivity index (χ4v) is 2.85. The van der Waals surface area contributed by atoms with Gasteiger partial charge in [-0.1, -0.05) is 30.3 Å². The van der Waals surface area contributed by atoms with Crippen molar-refractivity contribution in [1.29, 1.82) is 0 Å². The molecule has 144 valence electrons. The molecule has 0 heterocycles. The Labute approximate surface area is 161 Å². The molecule has 0 fully saturated rings. The highest BCUT2D eigenvalue weighted by atomic mass is 32.1. The number of anilines is 2. The lowest BCUT2D eigenvalue weighted by atomic mass is 9.90. The summed E-state index contributed by atoms with van der Waals surface area (Å²) in [5.74, 6) is -3.73. The highest BCUT2D eigenvalue weighted by Crippen LogP contribution is 2.31. The number of carbonyl (C=O) groups excluding carboxylic acids is 1. The molecule has 2 aromatic rings. The highest BCUT2D eigenvalue weighted by molar-refractivity contribution is 7.80. The van der Waals surface area contributed by atoms with Gasteiger partial charge in [-0.15, -0.1) is 0 Å². The number of rotatable bonds is 5.